The number of hydrogen-bond acceptors (Lipinski definition) is 6. The van der Waals surface area contributed by atoms with E-state index >= 15 is 0 Å². The summed E-state index contributed by atoms with van der Waals surface area (Å²) in [4.78, 5) is 36.7. The van der Waals surface area contributed by atoms with Gasteiger partial charge >= 0.3 is 0 Å². The van der Waals surface area contributed by atoms with Crippen LogP contribution in [0.3, 0.4) is 0 Å². The minimum absolute atomic E-state index is 0.0285. The SMILES string of the molecule is O=C(c1cccc(S(=O)(=O)NCc2ccccc2)c1)N1CCN(C(=O)c2cnccn2)CC1. The lowest BCUT2D eigenvalue weighted by Gasteiger charge is -2.34. The third-order valence-corrected chi connectivity index (χ3v) is 6.74. The summed E-state index contributed by atoms with van der Waals surface area (Å²) in [6.45, 7) is 1.56. The van der Waals surface area contributed by atoms with E-state index in [0.29, 0.717) is 26.2 Å². The highest BCUT2D eigenvalue weighted by Gasteiger charge is 2.27. The number of carbonyl (C=O) groups excluding carboxylic acids is 2. The average Bonchev–Trinajstić information content (AvgIpc) is 2.88. The first-order valence-corrected chi connectivity index (χ1v) is 11.9. The predicted molar refractivity (Wildman–Crippen MR) is 121 cm³/mol. The Hall–Kier alpha value is -3.63. The van der Waals surface area contributed by atoms with Crippen molar-refractivity contribution in [1.29, 1.82) is 0 Å². The highest BCUT2D eigenvalue weighted by atomic mass is 32.2. The molecule has 0 spiro atoms. The molecule has 2 aromatic carbocycles. The van der Waals surface area contributed by atoms with Crippen LogP contribution < -0.4 is 4.72 Å². The van der Waals surface area contributed by atoms with E-state index in [-0.39, 0.29) is 34.5 Å². The summed E-state index contributed by atoms with van der Waals surface area (Å²) in [6.07, 6.45) is 4.37. The number of piperazine rings is 1. The number of nitrogens with one attached hydrogen (secondary N) is 1. The molecule has 1 aromatic heterocycles. The first-order chi connectivity index (χ1) is 15.9. The van der Waals surface area contributed by atoms with Gasteiger partial charge in [0.05, 0.1) is 11.1 Å². The Morgan fingerprint density at radius 1 is 0.879 bits per heavy atom. The van der Waals surface area contributed by atoms with E-state index in [0.717, 1.165) is 5.56 Å². The van der Waals surface area contributed by atoms with Crippen LogP contribution >= 0.6 is 0 Å². The van der Waals surface area contributed by atoms with Gasteiger partial charge in [0.15, 0.2) is 0 Å². The number of hydrogen-bond donors (Lipinski definition) is 1. The quantitative estimate of drug-likeness (QED) is 0.591. The van der Waals surface area contributed by atoms with Crippen LogP contribution in [0.2, 0.25) is 0 Å². The fourth-order valence-corrected chi connectivity index (χ4v) is 4.58. The summed E-state index contributed by atoms with van der Waals surface area (Å²) in [6, 6.07) is 15.2. The highest BCUT2D eigenvalue weighted by molar-refractivity contribution is 7.89. The van der Waals surface area contributed by atoms with Crippen LogP contribution in [0.1, 0.15) is 26.4 Å². The maximum Gasteiger partial charge on any atom is 0.274 e. The van der Waals surface area contributed by atoms with E-state index in [1.165, 1.54) is 30.7 Å². The summed E-state index contributed by atoms with van der Waals surface area (Å²) < 4.78 is 28.0. The number of sulfonamides is 1. The highest BCUT2D eigenvalue weighted by Crippen LogP contribution is 2.16. The Morgan fingerprint density at radius 2 is 1.58 bits per heavy atom. The minimum atomic E-state index is -3.78. The molecule has 9 nitrogen and oxygen atoms in total. The van der Waals surface area contributed by atoms with E-state index in [9.17, 15) is 18.0 Å². The van der Waals surface area contributed by atoms with Crippen LogP contribution in [-0.2, 0) is 16.6 Å². The van der Waals surface area contributed by atoms with Gasteiger partial charge in [-0.1, -0.05) is 36.4 Å². The maximum absolute atomic E-state index is 13.0. The van der Waals surface area contributed by atoms with Crippen molar-refractivity contribution in [2.75, 3.05) is 26.2 Å². The largest absolute Gasteiger partial charge is 0.335 e. The number of benzene rings is 2. The van der Waals surface area contributed by atoms with Crippen molar-refractivity contribution in [2.24, 2.45) is 0 Å². The van der Waals surface area contributed by atoms with Crippen molar-refractivity contribution in [3.8, 4) is 0 Å². The van der Waals surface area contributed by atoms with E-state index < -0.39 is 10.0 Å². The Labute approximate surface area is 192 Å². The number of rotatable bonds is 6. The zero-order valence-electron chi connectivity index (χ0n) is 17.8. The molecule has 3 aromatic rings. The molecule has 1 aliphatic heterocycles. The Balaban J connectivity index is 1.39. The molecular weight excluding hydrogens is 442 g/mol. The van der Waals surface area contributed by atoms with Crippen LogP contribution in [0.25, 0.3) is 0 Å². The first-order valence-electron chi connectivity index (χ1n) is 10.4. The Morgan fingerprint density at radius 3 is 2.24 bits per heavy atom. The standard InChI is InChI=1S/C23H23N5O4S/c29-22(27-11-13-28(14-12-27)23(30)21-17-24-9-10-25-21)19-7-4-8-20(15-19)33(31,32)26-16-18-5-2-1-3-6-18/h1-10,15,17,26H,11-14,16H2. The molecule has 2 amide bonds. The second-order valence-electron chi connectivity index (χ2n) is 7.51. The molecule has 4 rings (SSSR count). The lowest BCUT2D eigenvalue weighted by atomic mass is 10.2. The second-order valence-corrected chi connectivity index (χ2v) is 9.28. The van der Waals surface area contributed by atoms with Crippen LogP contribution in [-0.4, -0.2) is 66.2 Å². The topological polar surface area (TPSA) is 113 Å². The van der Waals surface area contributed by atoms with E-state index in [1.54, 1.807) is 21.9 Å². The Bertz CT molecular complexity index is 1230. The van der Waals surface area contributed by atoms with Gasteiger partial charge in [-0.05, 0) is 23.8 Å². The van der Waals surface area contributed by atoms with Gasteiger partial charge in [0, 0.05) is 50.7 Å². The molecule has 0 saturated carbocycles. The number of aromatic nitrogens is 2. The zero-order chi connectivity index (χ0) is 23.3. The molecule has 0 unspecified atom stereocenters. The van der Waals surface area contributed by atoms with Crippen LogP contribution in [0.15, 0.2) is 78.1 Å². The third-order valence-electron chi connectivity index (χ3n) is 5.34. The molecule has 1 fully saturated rings. The van der Waals surface area contributed by atoms with E-state index in [4.69, 9.17) is 0 Å². The molecule has 0 radical (unpaired) electrons. The molecule has 10 heteroatoms. The molecule has 2 heterocycles. The van der Waals surface area contributed by atoms with E-state index in [2.05, 4.69) is 14.7 Å². The molecule has 1 aliphatic rings. The van der Waals surface area contributed by atoms with Crippen molar-refractivity contribution in [3.63, 3.8) is 0 Å². The van der Waals surface area contributed by atoms with Crippen molar-refractivity contribution in [1.82, 2.24) is 24.5 Å². The second kappa shape index (κ2) is 9.88. The smallest absolute Gasteiger partial charge is 0.274 e. The molecule has 0 atom stereocenters. The summed E-state index contributed by atoms with van der Waals surface area (Å²) >= 11 is 0. The minimum Gasteiger partial charge on any atom is -0.335 e. The van der Waals surface area contributed by atoms with Gasteiger partial charge in [-0.2, -0.15) is 0 Å². The fraction of sp³-hybridized carbons (Fsp3) is 0.217. The average molecular weight is 466 g/mol. The fourth-order valence-electron chi connectivity index (χ4n) is 3.52. The normalized spacial score (nSPS) is 14.2. The van der Waals surface area contributed by atoms with Gasteiger partial charge in [-0.25, -0.2) is 18.1 Å². The van der Waals surface area contributed by atoms with Crippen molar-refractivity contribution in [2.45, 2.75) is 11.4 Å². The molecule has 33 heavy (non-hydrogen) atoms. The molecule has 0 aliphatic carbocycles. The lowest BCUT2D eigenvalue weighted by molar-refractivity contribution is 0.0532. The maximum atomic E-state index is 13.0. The van der Waals surface area contributed by atoms with Gasteiger partial charge < -0.3 is 9.80 Å². The van der Waals surface area contributed by atoms with Gasteiger partial charge in [0.2, 0.25) is 10.0 Å². The lowest BCUT2D eigenvalue weighted by Crippen LogP contribution is -2.50. The molecule has 1 saturated heterocycles. The van der Waals surface area contributed by atoms with Gasteiger partial charge in [0.25, 0.3) is 11.8 Å². The number of carbonyl (C=O) groups is 2. The van der Waals surface area contributed by atoms with Crippen molar-refractivity contribution < 1.29 is 18.0 Å². The zero-order valence-corrected chi connectivity index (χ0v) is 18.6. The summed E-state index contributed by atoms with van der Waals surface area (Å²) in [5, 5.41) is 0. The summed E-state index contributed by atoms with van der Waals surface area (Å²) in [7, 11) is -3.78. The Kier molecular flexibility index (Phi) is 6.76. The molecule has 170 valence electrons. The van der Waals surface area contributed by atoms with Gasteiger partial charge in [-0.15, -0.1) is 0 Å². The number of nitrogens with zero attached hydrogens (tertiary/aromatic N) is 4. The predicted octanol–water partition coefficient (Wildman–Crippen LogP) is 1.55. The molecular formula is C23H23N5O4S. The first kappa shape index (κ1) is 22.6. The summed E-state index contributed by atoms with van der Waals surface area (Å²) in [5.74, 6) is -0.505. The van der Waals surface area contributed by atoms with Crippen LogP contribution in [0, 0.1) is 0 Å². The summed E-state index contributed by atoms with van der Waals surface area (Å²) in [5.41, 5.74) is 1.38. The monoisotopic (exact) mass is 465 g/mol. The van der Waals surface area contributed by atoms with E-state index in [1.807, 2.05) is 30.3 Å². The van der Waals surface area contributed by atoms with Crippen LogP contribution in [0.5, 0.6) is 0 Å². The van der Waals surface area contributed by atoms with Crippen molar-refractivity contribution in [3.05, 3.63) is 90.0 Å². The van der Waals surface area contributed by atoms with Crippen molar-refractivity contribution >= 4 is 21.8 Å². The number of amides is 2. The van der Waals surface area contributed by atoms with Gasteiger partial charge in [-0.3, -0.25) is 14.6 Å². The van der Waals surface area contributed by atoms with Gasteiger partial charge in [0.1, 0.15) is 5.69 Å². The molecule has 1 N–H and O–H groups in total. The van der Waals surface area contributed by atoms with Crippen LogP contribution in [0.4, 0.5) is 0 Å². The molecule has 0 bridgehead atoms. The third kappa shape index (κ3) is 5.41.